The maximum absolute atomic E-state index is 13.2. The van der Waals surface area contributed by atoms with Gasteiger partial charge in [0.25, 0.3) is 11.7 Å². The summed E-state index contributed by atoms with van der Waals surface area (Å²) in [6, 6.07) is 11.2. The summed E-state index contributed by atoms with van der Waals surface area (Å²) in [6.07, 6.45) is 5.22. The van der Waals surface area contributed by atoms with Crippen LogP contribution in [-0.4, -0.2) is 52.8 Å². The summed E-state index contributed by atoms with van der Waals surface area (Å²) in [6.45, 7) is 7.60. The van der Waals surface area contributed by atoms with Gasteiger partial charge in [-0.25, -0.2) is 0 Å². The number of Topliss-reactive ketones (excluding diaryl/α,β-unsaturated/α-hetero) is 1. The molecule has 0 spiro atoms. The summed E-state index contributed by atoms with van der Waals surface area (Å²) in [5, 5.41) is 12.0. The van der Waals surface area contributed by atoms with E-state index in [1.54, 1.807) is 47.4 Å². The van der Waals surface area contributed by atoms with E-state index in [4.69, 9.17) is 23.2 Å². The van der Waals surface area contributed by atoms with Crippen molar-refractivity contribution in [3.8, 4) is 0 Å². The number of hydrogen-bond acceptors (Lipinski definition) is 4. The van der Waals surface area contributed by atoms with E-state index in [1.165, 1.54) is 0 Å². The molecule has 2 aromatic rings. The number of carbonyl (C=O) groups excluding carboxylic acids is 2. The molecule has 194 valence electrons. The first kappa shape index (κ1) is 28.7. The summed E-state index contributed by atoms with van der Waals surface area (Å²) in [5.74, 6) is -1.55. The van der Waals surface area contributed by atoms with Crippen LogP contribution in [0, 0.1) is 0 Å². The Hall–Kier alpha value is -1.86. The van der Waals surface area contributed by atoms with Gasteiger partial charge in [-0.2, -0.15) is 0 Å². The van der Waals surface area contributed by atoms with E-state index in [2.05, 4.69) is 34.7 Å². The second-order valence-electron chi connectivity index (χ2n) is 9.07. The van der Waals surface area contributed by atoms with Crippen molar-refractivity contribution in [3.05, 3.63) is 73.7 Å². The molecule has 3 rings (SSSR count). The number of aliphatic hydroxyl groups excluding tert-OH is 1. The topological polar surface area (TPSA) is 60.9 Å². The van der Waals surface area contributed by atoms with Crippen LogP contribution in [0.3, 0.4) is 0 Å². The minimum atomic E-state index is -0.793. The Morgan fingerprint density at radius 2 is 1.58 bits per heavy atom. The Morgan fingerprint density at radius 1 is 0.972 bits per heavy atom. The summed E-state index contributed by atoms with van der Waals surface area (Å²) >= 11 is 16.1. The number of carbonyl (C=O) groups is 2. The fourth-order valence-electron chi connectivity index (χ4n) is 4.48. The molecule has 1 heterocycles. The quantitative estimate of drug-likeness (QED) is 0.157. The number of likely N-dealkylation sites (tertiary alicyclic amines) is 1. The third kappa shape index (κ3) is 6.91. The molecule has 1 aliphatic heterocycles. The van der Waals surface area contributed by atoms with Gasteiger partial charge >= 0.3 is 0 Å². The smallest absolute Gasteiger partial charge is 0.295 e. The number of halogens is 3. The van der Waals surface area contributed by atoms with Crippen molar-refractivity contribution in [2.75, 3.05) is 26.2 Å². The van der Waals surface area contributed by atoms with E-state index in [0.29, 0.717) is 34.1 Å². The Balaban J connectivity index is 1.95. The SMILES string of the molecule is CCCCN(CCCC)CCCN1C(=O)C(=O)/C(=C(\O)c2ccc(Br)cc2)C1c1ccc(Cl)cc1Cl. The lowest BCUT2D eigenvalue weighted by atomic mass is 9.95. The Labute approximate surface area is 232 Å². The zero-order valence-electron chi connectivity index (χ0n) is 20.8. The van der Waals surface area contributed by atoms with E-state index in [9.17, 15) is 14.7 Å². The molecule has 36 heavy (non-hydrogen) atoms. The molecule has 1 fully saturated rings. The molecular formula is C28H33BrCl2N2O3. The van der Waals surface area contributed by atoms with Crippen LogP contribution in [0.15, 0.2) is 52.5 Å². The average Bonchev–Trinajstić information content (AvgIpc) is 3.10. The van der Waals surface area contributed by atoms with Crippen molar-refractivity contribution in [1.82, 2.24) is 9.80 Å². The molecule has 1 amide bonds. The van der Waals surface area contributed by atoms with Gasteiger partial charge in [0.1, 0.15) is 5.76 Å². The van der Waals surface area contributed by atoms with Gasteiger partial charge < -0.3 is 14.9 Å². The molecule has 0 radical (unpaired) electrons. The lowest BCUT2D eigenvalue weighted by Crippen LogP contribution is -2.34. The van der Waals surface area contributed by atoms with Crippen molar-refractivity contribution >= 4 is 56.6 Å². The first-order chi connectivity index (χ1) is 17.3. The van der Waals surface area contributed by atoms with Gasteiger partial charge in [-0.05, 0) is 68.7 Å². The average molecular weight is 596 g/mol. The number of ketones is 1. The highest BCUT2D eigenvalue weighted by Gasteiger charge is 2.46. The fourth-order valence-corrected chi connectivity index (χ4v) is 5.26. The number of unbranched alkanes of at least 4 members (excludes halogenated alkanes) is 2. The van der Waals surface area contributed by atoms with Gasteiger partial charge in [0, 0.05) is 26.6 Å². The van der Waals surface area contributed by atoms with E-state index in [0.717, 1.165) is 49.8 Å². The molecule has 1 atom stereocenters. The molecule has 1 N–H and O–H groups in total. The van der Waals surface area contributed by atoms with Crippen LogP contribution in [0.5, 0.6) is 0 Å². The third-order valence-corrected chi connectivity index (χ3v) is 7.53. The Bertz CT molecular complexity index is 1100. The Morgan fingerprint density at radius 3 is 2.17 bits per heavy atom. The van der Waals surface area contributed by atoms with Crippen LogP contribution in [0.2, 0.25) is 10.0 Å². The van der Waals surface area contributed by atoms with Crippen molar-refractivity contribution in [2.24, 2.45) is 0 Å². The van der Waals surface area contributed by atoms with Crippen LogP contribution in [0.4, 0.5) is 0 Å². The molecule has 0 aliphatic carbocycles. The summed E-state index contributed by atoms with van der Waals surface area (Å²) in [7, 11) is 0. The maximum Gasteiger partial charge on any atom is 0.295 e. The maximum atomic E-state index is 13.2. The van der Waals surface area contributed by atoms with Crippen LogP contribution >= 0.6 is 39.1 Å². The predicted molar refractivity (Wildman–Crippen MR) is 150 cm³/mol. The van der Waals surface area contributed by atoms with Gasteiger partial charge in [0.2, 0.25) is 0 Å². The minimum absolute atomic E-state index is 0.0420. The Kier molecular flexibility index (Phi) is 10.9. The van der Waals surface area contributed by atoms with Gasteiger partial charge in [-0.1, -0.05) is 84.0 Å². The minimum Gasteiger partial charge on any atom is -0.507 e. The first-order valence-electron chi connectivity index (χ1n) is 12.5. The lowest BCUT2D eigenvalue weighted by molar-refractivity contribution is -0.140. The standard InChI is InChI=1S/C28H33BrCl2N2O3/c1-3-5-14-32(15-6-4-2)16-7-17-33-25(22-13-12-21(30)18-23(22)31)24(27(35)28(33)36)26(34)19-8-10-20(29)11-9-19/h8-13,18,25,34H,3-7,14-17H2,1-2H3/b26-24-. The summed E-state index contributed by atoms with van der Waals surface area (Å²) in [4.78, 5) is 30.4. The third-order valence-electron chi connectivity index (χ3n) is 6.44. The van der Waals surface area contributed by atoms with Crippen LogP contribution in [0.25, 0.3) is 5.76 Å². The summed E-state index contributed by atoms with van der Waals surface area (Å²) in [5.41, 5.74) is 1.06. The largest absolute Gasteiger partial charge is 0.507 e. The van der Waals surface area contributed by atoms with E-state index in [-0.39, 0.29) is 11.3 Å². The molecule has 1 unspecified atom stereocenters. The molecule has 1 saturated heterocycles. The molecule has 0 bridgehead atoms. The van der Waals surface area contributed by atoms with Gasteiger partial charge in [0.15, 0.2) is 0 Å². The number of rotatable bonds is 12. The van der Waals surface area contributed by atoms with Gasteiger partial charge in [-0.3, -0.25) is 9.59 Å². The zero-order chi connectivity index (χ0) is 26.2. The second kappa shape index (κ2) is 13.6. The number of nitrogens with zero attached hydrogens (tertiary/aromatic N) is 2. The highest BCUT2D eigenvalue weighted by atomic mass is 79.9. The van der Waals surface area contributed by atoms with E-state index < -0.39 is 17.7 Å². The normalized spacial score (nSPS) is 17.4. The second-order valence-corrected chi connectivity index (χ2v) is 10.8. The molecule has 1 aliphatic rings. The molecule has 0 aromatic heterocycles. The van der Waals surface area contributed by atoms with Gasteiger partial charge in [0.05, 0.1) is 11.6 Å². The molecule has 8 heteroatoms. The number of amides is 1. The molecule has 0 saturated carbocycles. The number of aliphatic hydroxyl groups is 1. The number of benzene rings is 2. The van der Waals surface area contributed by atoms with Gasteiger partial charge in [-0.15, -0.1) is 0 Å². The lowest BCUT2D eigenvalue weighted by Gasteiger charge is -2.28. The fraction of sp³-hybridized carbons (Fsp3) is 0.429. The molecule has 5 nitrogen and oxygen atoms in total. The summed E-state index contributed by atoms with van der Waals surface area (Å²) < 4.78 is 0.840. The van der Waals surface area contributed by atoms with Crippen molar-refractivity contribution in [3.63, 3.8) is 0 Å². The number of hydrogen-bond donors (Lipinski definition) is 1. The molecule has 2 aromatic carbocycles. The van der Waals surface area contributed by atoms with Crippen LogP contribution in [-0.2, 0) is 9.59 Å². The van der Waals surface area contributed by atoms with Crippen molar-refractivity contribution in [1.29, 1.82) is 0 Å². The van der Waals surface area contributed by atoms with Crippen LogP contribution < -0.4 is 0 Å². The van der Waals surface area contributed by atoms with E-state index in [1.807, 2.05) is 0 Å². The van der Waals surface area contributed by atoms with E-state index >= 15 is 0 Å². The highest BCUT2D eigenvalue weighted by molar-refractivity contribution is 9.10. The zero-order valence-corrected chi connectivity index (χ0v) is 23.9. The van der Waals surface area contributed by atoms with Crippen LogP contribution in [0.1, 0.15) is 63.1 Å². The highest BCUT2D eigenvalue weighted by Crippen LogP contribution is 2.42. The van der Waals surface area contributed by atoms with Crippen molar-refractivity contribution < 1.29 is 14.7 Å². The predicted octanol–water partition coefficient (Wildman–Crippen LogP) is 7.47. The molecular weight excluding hydrogens is 563 g/mol. The monoisotopic (exact) mass is 594 g/mol. The first-order valence-corrected chi connectivity index (χ1v) is 14.0. The van der Waals surface area contributed by atoms with Crippen molar-refractivity contribution in [2.45, 2.75) is 52.0 Å².